The Labute approximate surface area is 140 Å². The van der Waals surface area contributed by atoms with Crippen molar-refractivity contribution in [3.8, 4) is 11.1 Å². The highest BCUT2D eigenvalue weighted by atomic mass is 35.5. The van der Waals surface area contributed by atoms with Gasteiger partial charge in [-0.3, -0.25) is 4.99 Å². The maximum atomic E-state index is 13.1. The Morgan fingerprint density at radius 3 is 2.46 bits per heavy atom. The summed E-state index contributed by atoms with van der Waals surface area (Å²) in [5.41, 5.74) is 0.842. The molecule has 1 aliphatic heterocycles. The van der Waals surface area contributed by atoms with Crippen LogP contribution in [0.3, 0.4) is 0 Å². The Bertz CT molecular complexity index is 969. The van der Waals surface area contributed by atoms with Crippen LogP contribution in [-0.2, 0) is 22.7 Å². The predicted molar refractivity (Wildman–Crippen MR) is 84.6 cm³/mol. The second kappa shape index (κ2) is 5.58. The summed E-state index contributed by atoms with van der Waals surface area (Å²) in [5, 5.41) is 4.88. The number of nitrogens with two attached hydrogens (primary N) is 1. The minimum Gasteiger partial charge on any atom is -0.288 e. The monoisotopic (exact) mass is 374 g/mol. The lowest BCUT2D eigenvalue weighted by atomic mass is 9.94. The molecule has 2 aromatic carbocycles. The van der Waals surface area contributed by atoms with Crippen LogP contribution >= 0.6 is 11.6 Å². The van der Waals surface area contributed by atoms with E-state index in [0.717, 1.165) is 12.1 Å². The Morgan fingerprint density at radius 2 is 1.88 bits per heavy atom. The van der Waals surface area contributed by atoms with Crippen LogP contribution in [-0.4, -0.2) is 14.6 Å². The minimum absolute atomic E-state index is 0.156. The van der Waals surface area contributed by atoms with Crippen molar-refractivity contribution in [2.45, 2.75) is 17.6 Å². The van der Waals surface area contributed by atoms with Crippen molar-refractivity contribution in [3.05, 3.63) is 52.0 Å². The highest BCUT2D eigenvalue weighted by Crippen LogP contribution is 2.38. The molecule has 0 aromatic heterocycles. The van der Waals surface area contributed by atoms with Crippen LogP contribution in [0.1, 0.15) is 16.7 Å². The van der Waals surface area contributed by atoms with Gasteiger partial charge in [-0.2, -0.15) is 13.2 Å². The third kappa shape index (κ3) is 3.04. The van der Waals surface area contributed by atoms with E-state index in [1.807, 2.05) is 0 Å². The lowest BCUT2D eigenvalue weighted by Gasteiger charge is -2.14. The zero-order valence-electron chi connectivity index (χ0n) is 11.9. The summed E-state index contributed by atoms with van der Waals surface area (Å²) in [4.78, 5) is 3.71. The SMILES string of the molecule is NS(=O)(=O)c1ccc(-c2cc(C(F)(F)F)cc3c2C=NC3)cc1Cl. The molecule has 9 heteroatoms. The first kappa shape index (κ1) is 16.9. The number of halogens is 4. The van der Waals surface area contributed by atoms with Crippen molar-refractivity contribution < 1.29 is 21.6 Å². The summed E-state index contributed by atoms with van der Waals surface area (Å²) in [7, 11) is -4.01. The Kier molecular flexibility index (Phi) is 3.94. The number of benzene rings is 2. The molecule has 24 heavy (non-hydrogen) atoms. The van der Waals surface area contributed by atoms with Gasteiger partial charge in [0.25, 0.3) is 0 Å². The second-order valence-corrected chi connectivity index (χ2v) is 7.19. The molecule has 0 saturated carbocycles. The second-order valence-electron chi connectivity index (χ2n) is 5.25. The third-order valence-corrected chi connectivity index (χ3v) is 5.02. The molecule has 0 unspecified atom stereocenters. The van der Waals surface area contributed by atoms with Gasteiger partial charge in [0.15, 0.2) is 0 Å². The van der Waals surface area contributed by atoms with E-state index in [9.17, 15) is 21.6 Å². The van der Waals surface area contributed by atoms with Crippen molar-refractivity contribution in [1.29, 1.82) is 0 Å². The molecular weight excluding hydrogens is 365 g/mol. The third-order valence-electron chi connectivity index (χ3n) is 3.62. The predicted octanol–water partition coefficient (Wildman–Crippen LogP) is 3.61. The molecular formula is C15H10ClF3N2O2S. The molecule has 0 amide bonds. The minimum atomic E-state index is -4.50. The fourth-order valence-electron chi connectivity index (χ4n) is 2.53. The first-order valence-electron chi connectivity index (χ1n) is 6.64. The number of sulfonamides is 1. The molecule has 0 bridgehead atoms. The average Bonchev–Trinajstić information content (AvgIpc) is 2.92. The van der Waals surface area contributed by atoms with Crippen LogP contribution < -0.4 is 5.14 Å². The highest BCUT2D eigenvalue weighted by Gasteiger charge is 2.32. The van der Waals surface area contributed by atoms with Gasteiger partial charge in [-0.05, 0) is 41.0 Å². The molecule has 3 rings (SSSR count). The summed E-state index contributed by atoms with van der Waals surface area (Å²) in [6, 6.07) is 5.88. The van der Waals surface area contributed by atoms with Gasteiger partial charge in [-0.15, -0.1) is 0 Å². The maximum Gasteiger partial charge on any atom is 0.416 e. The number of alkyl halides is 3. The van der Waals surface area contributed by atoms with Crippen LogP contribution in [0.4, 0.5) is 13.2 Å². The average molecular weight is 375 g/mol. The van der Waals surface area contributed by atoms with Gasteiger partial charge in [0, 0.05) is 11.8 Å². The molecule has 0 atom stereocenters. The molecule has 1 aliphatic rings. The quantitative estimate of drug-likeness (QED) is 0.872. The van der Waals surface area contributed by atoms with Gasteiger partial charge in [0.1, 0.15) is 4.90 Å². The number of rotatable bonds is 2. The number of hydrogen-bond donors (Lipinski definition) is 1. The Balaban J connectivity index is 2.21. The van der Waals surface area contributed by atoms with Crippen LogP contribution in [0, 0.1) is 0 Å². The van der Waals surface area contributed by atoms with Gasteiger partial charge in [0.05, 0.1) is 17.1 Å². The van der Waals surface area contributed by atoms with Crippen LogP contribution in [0.25, 0.3) is 11.1 Å². The lowest BCUT2D eigenvalue weighted by molar-refractivity contribution is -0.137. The largest absolute Gasteiger partial charge is 0.416 e. The fraction of sp³-hybridized carbons (Fsp3) is 0.133. The maximum absolute atomic E-state index is 13.1. The summed E-state index contributed by atoms with van der Waals surface area (Å²) >= 11 is 5.93. The molecule has 2 aromatic rings. The van der Waals surface area contributed by atoms with Crippen LogP contribution in [0.5, 0.6) is 0 Å². The van der Waals surface area contributed by atoms with Crippen LogP contribution in [0.15, 0.2) is 40.2 Å². The molecule has 0 spiro atoms. The zero-order valence-corrected chi connectivity index (χ0v) is 13.5. The van der Waals surface area contributed by atoms with Crippen LogP contribution in [0.2, 0.25) is 5.02 Å². The summed E-state index contributed by atoms with van der Waals surface area (Å²) in [6.45, 7) is 0.162. The Morgan fingerprint density at radius 1 is 1.17 bits per heavy atom. The fourth-order valence-corrected chi connectivity index (χ4v) is 3.63. The Hall–Kier alpha value is -1.90. The van der Waals surface area contributed by atoms with Crippen molar-refractivity contribution in [3.63, 3.8) is 0 Å². The first-order chi connectivity index (χ1) is 11.1. The topological polar surface area (TPSA) is 72.5 Å². The summed E-state index contributed by atoms with van der Waals surface area (Å²) in [5.74, 6) is 0. The molecule has 4 nitrogen and oxygen atoms in total. The first-order valence-corrected chi connectivity index (χ1v) is 8.56. The molecule has 0 aliphatic carbocycles. The van der Waals surface area contributed by atoms with Crippen molar-refractivity contribution in [2.24, 2.45) is 10.1 Å². The van der Waals surface area contributed by atoms with Crippen molar-refractivity contribution in [1.82, 2.24) is 0 Å². The van der Waals surface area contributed by atoms with E-state index >= 15 is 0 Å². The van der Waals surface area contributed by atoms with E-state index < -0.39 is 21.8 Å². The van der Waals surface area contributed by atoms with Crippen molar-refractivity contribution in [2.75, 3.05) is 0 Å². The molecule has 1 heterocycles. The number of hydrogen-bond acceptors (Lipinski definition) is 3. The normalized spacial score (nSPS) is 14.0. The van der Waals surface area contributed by atoms with E-state index in [1.165, 1.54) is 24.4 Å². The van der Waals surface area contributed by atoms with E-state index in [-0.39, 0.29) is 22.0 Å². The highest BCUT2D eigenvalue weighted by molar-refractivity contribution is 7.89. The standard InChI is InChI=1S/C15H10ClF3N2O2S/c16-13-4-8(1-2-14(13)24(20,22)23)11-5-10(15(17,18)19)3-9-6-21-7-12(9)11/h1-5,7H,6H2,(H2,20,22,23). The molecule has 0 fully saturated rings. The lowest BCUT2D eigenvalue weighted by Crippen LogP contribution is -2.12. The van der Waals surface area contributed by atoms with Gasteiger partial charge in [0.2, 0.25) is 10.0 Å². The molecule has 0 saturated heterocycles. The number of fused-ring (bicyclic) bond motifs is 1. The van der Waals surface area contributed by atoms with Gasteiger partial charge in [-0.1, -0.05) is 17.7 Å². The molecule has 2 N–H and O–H groups in total. The summed E-state index contributed by atoms with van der Waals surface area (Å²) in [6.07, 6.45) is -3.01. The van der Waals surface area contributed by atoms with Gasteiger partial charge >= 0.3 is 6.18 Å². The van der Waals surface area contributed by atoms with E-state index in [4.69, 9.17) is 16.7 Å². The molecule has 126 valence electrons. The smallest absolute Gasteiger partial charge is 0.288 e. The summed E-state index contributed by atoms with van der Waals surface area (Å²) < 4.78 is 62.1. The number of aliphatic imine (C=N–C) groups is 1. The zero-order chi connectivity index (χ0) is 17.7. The van der Waals surface area contributed by atoms with E-state index in [0.29, 0.717) is 16.7 Å². The number of primary sulfonamides is 1. The van der Waals surface area contributed by atoms with E-state index in [1.54, 1.807) is 0 Å². The molecule has 0 radical (unpaired) electrons. The van der Waals surface area contributed by atoms with E-state index in [2.05, 4.69) is 4.99 Å². The van der Waals surface area contributed by atoms with Crippen molar-refractivity contribution >= 4 is 27.8 Å². The number of nitrogens with zero attached hydrogens (tertiary/aromatic N) is 1. The van der Waals surface area contributed by atoms with Gasteiger partial charge in [-0.25, -0.2) is 13.6 Å². The van der Waals surface area contributed by atoms with Gasteiger partial charge < -0.3 is 0 Å².